The van der Waals surface area contributed by atoms with Crippen molar-refractivity contribution in [2.45, 2.75) is 12.8 Å². The van der Waals surface area contributed by atoms with Crippen LogP contribution in [0.4, 0.5) is 5.95 Å². The molecule has 18 heavy (non-hydrogen) atoms. The molecule has 2 rings (SSSR count). The molecule has 0 bridgehead atoms. The van der Waals surface area contributed by atoms with Crippen molar-refractivity contribution in [1.82, 2.24) is 20.2 Å². The van der Waals surface area contributed by atoms with Crippen molar-refractivity contribution in [2.24, 2.45) is 0 Å². The molecule has 0 spiro atoms. The molecular formula is C9H9N5O4. The monoisotopic (exact) mass is 251 g/mol. The molecule has 94 valence electrons. The van der Waals surface area contributed by atoms with Gasteiger partial charge < -0.3 is 10.8 Å². The van der Waals surface area contributed by atoms with Gasteiger partial charge in [0.05, 0.1) is 0 Å². The number of aromatic nitrogens is 4. The fourth-order valence-electron chi connectivity index (χ4n) is 1.48. The van der Waals surface area contributed by atoms with Crippen molar-refractivity contribution in [2.75, 3.05) is 5.73 Å². The van der Waals surface area contributed by atoms with Gasteiger partial charge in [0.25, 0.3) is 5.56 Å². The Morgan fingerprint density at radius 3 is 2.72 bits per heavy atom. The Morgan fingerprint density at radius 2 is 2.11 bits per heavy atom. The number of anilines is 1. The minimum absolute atomic E-state index is 0.0809. The molecule has 0 fully saturated rings. The summed E-state index contributed by atoms with van der Waals surface area (Å²) in [5.41, 5.74) is 3.46. The lowest BCUT2D eigenvalue weighted by Crippen LogP contribution is -2.26. The highest BCUT2D eigenvalue weighted by atomic mass is 16.4. The van der Waals surface area contributed by atoms with Gasteiger partial charge in [-0.25, -0.2) is 0 Å². The number of carboxylic acid groups (broad SMARTS) is 1. The molecule has 0 aromatic carbocycles. The first kappa shape index (κ1) is 11.8. The minimum Gasteiger partial charge on any atom is -0.481 e. The predicted octanol–water partition coefficient (Wildman–Crippen LogP) is -1.22. The smallest absolute Gasteiger partial charge is 0.312 e. The number of carbonyl (C=O) groups is 1. The van der Waals surface area contributed by atoms with Crippen molar-refractivity contribution in [1.29, 1.82) is 0 Å². The average Bonchev–Trinajstić information content (AvgIpc) is 2.27. The maximum absolute atomic E-state index is 12.0. The Balaban J connectivity index is 2.84. The lowest BCUT2D eigenvalue weighted by atomic mass is 10.1. The van der Waals surface area contributed by atoms with E-state index in [0.29, 0.717) is 0 Å². The van der Waals surface area contributed by atoms with E-state index in [-0.39, 0.29) is 22.7 Å². The highest BCUT2D eigenvalue weighted by molar-refractivity contribution is 5.78. The number of hydrogen-bond acceptors (Lipinski definition) is 6. The van der Waals surface area contributed by atoms with Crippen LogP contribution in [-0.4, -0.2) is 31.2 Å². The molecule has 1 atom stereocenters. The third-order valence-corrected chi connectivity index (χ3v) is 2.46. The minimum atomic E-state index is -1.22. The molecule has 0 radical (unpaired) electrons. The van der Waals surface area contributed by atoms with Crippen molar-refractivity contribution in [3.63, 3.8) is 0 Å². The number of nitrogens with one attached hydrogen (secondary N) is 2. The SMILES string of the molecule is C[C@@H](C(=O)O)c1n[nH]c2nc(N)[nH]c(=O)c2c1=O. The van der Waals surface area contributed by atoms with E-state index in [1.807, 2.05) is 0 Å². The lowest BCUT2D eigenvalue weighted by molar-refractivity contribution is -0.138. The van der Waals surface area contributed by atoms with E-state index >= 15 is 0 Å². The standard InChI is InChI=1S/C9H9N5O4/c1-2(8(17)18)4-5(15)3-6(14-13-4)11-9(10)12-7(3)16/h2H,1H3,(H,17,18)(H4,10,11,12,14,15,16)/t2-/m1/s1. The molecule has 0 amide bonds. The largest absolute Gasteiger partial charge is 0.481 e. The van der Waals surface area contributed by atoms with Crippen LogP contribution in [0.25, 0.3) is 11.0 Å². The summed E-state index contributed by atoms with van der Waals surface area (Å²) >= 11 is 0. The van der Waals surface area contributed by atoms with Crippen molar-refractivity contribution < 1.29 is 9.90 Å². The van der Waals surface area contributed by atoms with Crippen LogP contribution in [0.15, 0.2) is 9.59 Å². The van der Waals surface area contributed by atoms with Crippen LogP contribution >= 0.6 is 0 Å². The normalized spacial score (nSPS) is 12.5. The fraction of sp³-hybridized carbons (Fsp3) is 0.222. The predicted molar refractivity (Wildman–Crippen MR) is 61.2 cm³/mol. The van der Waals surface area contributed by atoms with E-state index in [1.54, 1.807) is 0 Å². The molecule has 5 N–H and O–H groups in total. The zero-order valence-corrected chi connectivity index (χ0v) is 9.22. The first-order valence-corrected chi connectivity index (χ1v) is 4.92. The number of aromatic amines is 2. The number of nitrogens with two attached hydrogens (primary N) is 1. The summed E-state index contributed by atoms with van der Waals surface area (Å²) in [7, 11) is 0. The number of rotatable bonds is 2. The Morgan fingerprint density at radius 1 is 1.44 bits per heavy atom. The number of nitrogen functional groups attached to an aromatic ring is 1. The van der Waals surface area contributed by atoms with Gasteiger partial charge in [-0.15, -0.1) is 0 Å². The van der Waals surface area contributed by atoms with E-state index in [1.165, 1.54) is 6.92 Å². The molecule has 0 aliphatic carbocycles. The van der Waals surface area contributed by atoms with Gasteiger partial charge in [-0.1, -0.05) is 0 Å². The van der Waals surface area contributed by atoms with E-state index < -0.39 is 22.9 Å². The van der Waals surface area contributed by atoms with Crippen LogP contribution in [0.3, 0.4) is 0 Å². The summed E-state index contributed by atoms with van der Waals surface area (Å²) < 4.78 is 0. The van der Waals surface area contributed by atoms with Crippen molar-refractivity contribution >= 4 is 23.0 Å². The number of H-pyrrole nitrogens is 2. The third-order valence-electron chi connectivity index (χ3n) is 2.46. The third kappa shape index (κ3) is 1.71. The Kier molecular flexibility index (Phi) is 2.58. The molecule has 0 unspecified atom stereocenters. The highest BCUT2D eigenvalue weighted by Gasteiger charge is 2.22. The molecule has 0 aliphatic rings. The van der Waals surface area contributed by atoms with Gasteiger partial charge in [-0.2, -0.15) is 10.1 Å². The zero-order chi connectivity index (χ0) is 13.4. The van der Waals surface area contributed by atoms with E-state index in [9.17, 15) is 14.4 Å². The van der Waals surface area contributed by atoms with Crippen LogP contribution in [-0.2, 0) is 4.79 Å². The summed E-state index contributed by atoms with van der Waals surface area (Å²) in [5.74, 6) is -2.51. The summed E-state index contributed by atoms with van der Waals surface area (Å²) in [6.45, 7) is 1.30. The number of aliphatic carboxylic acids is 1. The Bertz CT molecular complexity index is 747. The second-order valence-corrected chi connectivity index (χ2v) is 3.67. The molecule has 0 saturated heterocycles. The molecule has 2 heterocycles. The average molecular weight is 251 g/mol. The maximum Gasteiger partial charge on any atom is 0.312 e. The summed E-state index contributed by atoms with van der Waals surface area (Å²) in [4.78, 5) is 40.2. The first-order valence-electron chi connectivity index (χ1n) is 4.92. The van der Waals surface area contributed by atoms with Gasteiger partial charge in [-0.3, -0.25) is 24.5 Å². The molecule has 0 saturated carbocycles. The molecular weight excluding hydrogens is 242 g/mol. The van der Waals surface area contributed by atoms with Gasteiger partial charge in [0.15, 0.2) is 5.65 Å². The number of carboxylic acids is 1. The summed E-state index contributed by atoms with van der Waals surface area (Å²) in [6.07, 6.45) is 0. The van der Waals surface area contributed by atoms with Crippen LogP contribution in [0.1, 0.15) is 18.5 Å². The van der Waals surface area contributed by atoms with E-state index in [0.717, 1.165) is 0 Å². The molecule has 9 nitrogen and oxygen atoms in total. The maximum atomic E-state index is 12.0. The first-order chi connectivity index (χ1) is 8.41. The Hall–Kier alpha value is -2.71. The number of hydrogen-bond donors (Lipinski definition) is 4. The van der Waals surface area contributed by atoms with Crippen molar-refractivity contribution in [3.8, 4) is 0 Å². The topological polar surface area (TPSA) is 155 Å². The van der Waals surface area contributed by atoms with Crippen molar-refractivity contribution in [3.05, 3.63) is 26.3 Å². The fourth-order valence-corrected chi connectivity index (χ4v) is 1.48. The van der Waals surface area contributed by atoms with E-state index in [4.69, 9.17) is 10.8 Å². The molecule has 0 aliphatic heterocycles. The van der Waals surface area contributed by atoms with Gasteiger partial charge >= 0.3 is 5.97 Å². The van der Waals surface area contributed by atoms with Crippen LogP contribution < -0.4 is 16.7 Å². The Labute approximate surface area is 98.7 Å². The lowest BCUT2D eigenvalue weighted by Gasteiger charge is -2.05. The molecule has 9 heteroatoms. The molecule has 2 aromatic heterocycles. The van der Waals surface area contributed by atoms with E-state index in [2.05, 4.69) is 20.2 Å². The van der Waals surface area contributed by atoms with Gasteiger partial charge in [0.1, 0.15) is 17.0 Å². The number of nitrogens with zero attached hydrogens (tertiary/aromatic N) is 2. The van der Waals surface area contributed by atoms with Crippen LogP contribution in [0.2, 0.25) is 0 Å². The zero-order valence-electron chi connectivity index (χ0n) is 9.22. The highest BCUT2D eigenvalue weighted by Crippen LogP contribution is 2.09. The number of fused-ring (bicyclic) bond motifs is 1. The second-order valence-electron chi connectivity index (χ2n) is 3.67. The van der Waals surface area contributed by atoms with Gasteiger partial charge in [0.2, 0.25) is 11.4 Å². The summed E-state index contributed by atoms with van der Waals surface area (Å²) in [6, 6.07) is 0. The molecule has 2 aromatic rings. The van der Waals surface area contributed by atoms with Crippen LogP contribution in [0.5, 0.6) is 0 Å². The second kappa shape index (κ2) is 3.95. The summed E-state index contributed by atoms with van der Waals surface area (Å²) in [5, 5.41) is 14.5. The van der Waals surface area contributed by atoms with Gasteiger partial charge in [0, 0.05) is 0 Å². The van der Waals surface area contributed by atoms with Crippen LogP contribution in [0, 0.1) is 0 Å². The quantitative estimate of drug-likeness (QED) is 0.521. The van der Waals surface area contributed by atoms with Gasteiger partial charge in [-0.05, 0) is 6.92 Å².